The second-order valence-electron chi connectivity index (χ2n) is 9.97. The molecular weight excluding hydrogens is 422 g/mol. The van der Waals surface area contributed by atoms with Gasteiger partial charge in [0.05, 0.1) is 11.3 Å². The Kier molecular flexibility index (Phi) is 5.60. The Hall–Kier alpha value is -1.84. The average Bonchev–Trinajstić information content (AvgIpc) is 3.25. The maximum atomic E-state index is 12.9. The van der Waals surface area contributed by atoms with Crippen LogP contribution >= 0.6 is 23.1 Å². The van der Waals surface area contributed by atoms with Gasteiger partial charge in [0, 0.05) is 17.3 Å². The van der Waals surface area contributed by atoms with Crippen LogP contribution in [0.5, 0.6) is 0 Å². The summed E-state index contributed by atoms with van der Waals surface area (Å²) in [6.45, 7) is 4.16. The van der Waals surface area contributed by atoms with Gasteiger partial charge in [0.2, 0.25) is 5.91 Å². The van der Waals surface area contributed by atoms with E-state index < -0.39 is 0 Å². The van der Waals surface area contributed by atoms with E-state index in [0.29, 0.717) is 21.8 Å². The van der Waals surface area contributed by atoms with E-state index in [4.69, 9.17) is 0 Å². The summed E-state index contributed by atoms with van der Waals surface area (Å²) in [5.41, 5.74) is 3.68. The van der Waals surface area contributed by atoms with E-state index in [1.165, 1.54) is 50.3 Å². The first kappa shape index (κ1) is 21.0. The number of pyridine rings is 1. The van der Waals surface area contributed by atoms with Crippen molar-refractivity contribution in [2.75, 3.05) is 5.75 Å². The Morgan fingerprint density at radius 2 is 2.00 bits per heavy atom. The lowest BCUT2D eigenvalue weighted by atomic mass is 9.48. The molecule has 1 N–H and O–H groups in total. The van der Waals surface area contributed by atoms with Crippen molar-refractivity contribution >= 4 is 29.0 Å². The van der Waals surface area contributed by atoms with E-state index in [9.17, 15) is 10.1 Å². The van der Waals surface area contributed by atoms with Crippen LogP contribution < -0.4 is 5.32 Å². The van der Waals surface area contributed by atoms with Gasteiger partial charge in [-0.05, 0) is 104 Å². The molecule has 0 aliphatic heterocycles. The van der Waals surface area contributed by atoms with Crippen molar-refractivity contribution in [2.45, 2.75) is 63.4 Å². The maximum absolute atomic E-state index is 12.9. The molecule has 1 amide bonds. The van der Waals surface area contributed by atoms with Crippen molar-refractivity contribution in [3.05, 3.63) is 34.2 Å². The summed E-state index contributed by atoms with van der Waals surface area (Å²) in [4.78, 5) is 17.5. The van der Waals surface area contributed by atoms with E-state index >= 15 is 0 Å². The number of carbonyl (C=O) groups is 1. The summed E-state index contributed by atoms with van der Waals surface area (Å²) in [7, 11) is 0. The largest absolute Gasteiger partial charge is 0.352 e. The molecule has 4 nitrogen and oxygen atoms in total. The van der Waals surface area contributed by atoms with Gasteiger partial charge in [0.15, 0.2) is 0 Å². The first-order valence-corrected chi connectivity index (χ1v) is 13.2. The van der Waals surface area contributed by atoms with Gasteiger partial charge in [0.25, 0.3) is 0 Å². The van der Waals surface area contributed by atoms with Crippen LogP contribution in [0, 0.1) is 41.4 Å². The Labute approximate surface area is 192 Å². The number of nitrogens with zero attached hydrogens (tertiary/aromatic N) is 2. The standard InChI is InChI=1S/C25H29N3OS2/c1-15-5-21(20-3-4-30-13-20)22(12-26)24(27-15)31-14-23(29)28-16(2)25-9-17-6-18(10-25)8-19(7-17)11-25/h3-5,13,16-19H,6-11,14H2,1-2H3,(H,28,29). The number of thiophene rings is 1. The number of carbonyl (C=O) groups excluding carboxylic acids is 1. The Morgan fingerprint density at radius 1 is 1.32 bits per heavy atom. The van der Waals surface area contributed by atoms with Gasteiger partial charge in [-0.15, -0.1) is 0 Å². The van der Waals surface area contributed by atoms with Gasteiger partial charge >= 0.3 is 0 Å². The van der Waals surface area contributed by atoms with Crippen molar-refractivity contribution in [3.8, 4) is 17.2 Å². The SMILES string of the molecule is Cc1cc(-c2ccsc2)c(C#N)c(SCC(=O)NC(C)C23CC4CC(CC(C4)C2)C3)n1. The fraction of sp³-hybridized carbons (Fsp3) is 0.560. The van der Waals surface area contributed by atoms with Gasteiger partial charge < -0.3 is 5.32 Å². The minimum absolute atomic E-state index is 0.0533. The highest BCUT2D eigenvalue weighted by Gasteiger charge is 2.53. The number of hydrogen-bond acceptors (Lipinski definition) is 5. The monoisotopic (exact) mass is 451 g/mol. The molecular formula is C25H29N3OS2. The molecule has 6 rings (SSSR count). The third-order valence-corrected chi connectivity index (χ3v) is 9.44. The Morgan fingerprint density at radius 3 is 2.58 bits per heavy atom. The Bertz CT molecular complexity index is 989. The smallest absolute Gasteiger partial charge is 0.230 e. The predicted octanol–water partition coefficient (Wildman–Crippen LogP) is 5.80. The van der Waals surface area contributed by atoms with E-state index in [1.807, 2.05) is 29.8 Å². The van der Waals surface area contributed by atoms with Crippen molar-refractivity contribution in [1.82, 2.24) is 10.3 Å². The third kappa shape index (κ3) is 4.03. The first-order valence-electron chi connectivity index (χ1n) is 11.3. The molecule has 2 heterocycles. The lowest BCUT2D eigenvalue weighted by Crippen LogP contribution is -2.56. The van der Waals surface area contributed by atoms with Crippen molar-refractivity contribution < 1.29 is 4.79 Å². The third-order valence-electron chi connectivity index (χ3n) is 7.78. The number of thioether (sulfide) groups is 1. The van der Waals surface area contributed by atoms with Crippen LogP contribution in [0.4, 0.5) is 0 Å². The number of hydrogen-bond donors (Lipinski definition) is 1. The molecule has 4 bridgehead atoms. The van der Waals surface area contributed by atoms with Crippen LogP contribution in [0.1, 0.15) is 56.7 Å². The molecule has 0 spiro atoms. The highest BCUT2D eigenvalue weighted by atomic mass is 32.2. The molecule has 162 valence electrons. The summed E-state index contributed by atoms with van der Waals surface area (Å²) in [6, 6.07) is 6.52. The second-order valence-corrected chi connectivity index (χ2v) is 11.7. The molecule has 0 saturated heterocycles. The molecule has 1 unspecified atom stereocenters. The zero-order valence-electron chi connectivity index (χ0n) is 18.2. The highest BCUT2D eigenvalue weighted by molar-refractivity contribution is 8.00. The zero-order valence-corrected chi connectivity index (χ0v) is 19.8. The highest BCUT2D eigenvalue weighted by Crippen LogP contribution is 2.61. The molecule has 4 saturated carbocycles. The lowest BCUT2D eigenvalue weighted by molar-refractivity contribution is -0.123. The Balaban J connectivity index is 1.27. The predicted molar refractivity (Wildman–Crippen MR) is 126 cm³/mol. The minimum Gasteiger partial charge on any atom is -0.352 e. The summed E-state index contributed by atoms with van der Waals surface area (Å²) in [5.74, 6) is 2.99. The first-order chi connectivity index (χ1) is 15.0. The van der Waals surface area contributed by atoms with Gasteiger partial charge in [-0.1, -0.05) is 11.8 Å². The van der Waals surface area contributed by atoms with Gasteiger partial charge in [-0.3, -0.25) is 4.79 Å². The van der Waals surface area contributed by atoms with Gasteiger partial charge in [0.1, 0.15) is 11.1 Å². The van der Waals surface area contributed by atoms with Crippen LogP contribution in [-0.4, -0.2) is 22.7 Å². The maximum Gasteiger partial charge on any atom is 0.230 e. The average molecular weight is 452 g/mol. The van der Waals surface area contributed by atoms with Crippen molar-refractivity contribution in [2.24, 2.45) is 23.2 Å². The van der Waals surface area contributed by atoms with Crippen molar-refractivity contribution in [1.29, 1.82) is 5.26 Å². The molecule has 0 radical (unpaired) electrons. The molecule has 0 aromatic carbocycles. The van der Waals surface area contributed by atoms with Crippen LogP contribution in [0.2, 0.25) is 0 Å². The van der Waals surface area contributed by atoms with Crippen molar-refractivity contribution in [3.63, 3.8) is 0 Å². The summed E-state index contributed by atoms with van der Waals surface area (Å²) in [6.07, 6.45) is 8.11. The summed E-state index contributed by atoms with van der Waals surface area (Å²) in [5, 5.41) is 17.8. The fourth-order valence-electron chi connectivity index (χ4n) is 6.78. The number of amides is 1. The number of nitriles is 1. The molecule has 6 heteroatoms. The van der Waals surface area contributed by atoms with E-state index in [-0.39, 0.29) is 11.9 Å². The minimum atomic E-state index is 0.0533. The van der Waals surface area contributed by atoms with Gasteiger partial charge in [-0.25, -0.2) is 4.98 Å². The van der Waals surface area contributed by atoms with E-state index in [0.717, 1.165) is 34.6 Å². The number of aryl methyl sites for hydroxylation is 1. The van der Waals surface area contributed by atoms with Gasteiger partial charge in [-0.2, -0.15) is 16.6 Å². The number of nitrogens with one attached hydrogen (secondary N) is 1. The molecule has 2 aromatic heterocycles. The number of rotatable bonds is 6. The molecule has 2 aromatic rings. The van der Waals surface area contributed by atoms with Crippen LogP contribution in [0.15, 0.2) is 27.9 Å². The quantitative estimate of drug-likeness (QED) is 0.563. The molecule has 4 aliphatic rings. The second kappa shape index (κ2) is 8.26. The van der Waals surface area contributed by atoms with Crippen LogP contribution in [-0.2, 0) is 4.79 Å². The van der Waals surface area contributed by atoms with Crippen LogP contribution in [0.25, 0.3) is 11.1 Å². The topological polar surface area (TPSA) is 65.8 Å². The summed E-state index contributed by atoms with van der Waals surface area (Å²) >= 11 is 2.99. The lowest BCUT2D eigenvalue weighted by Gasteiger charge is -2.59. The summed E-state index contributed by atoms with van der Waals surface area (Å²) < 4.78 is 0. The van der Waals surface area contributed by atoms with Crippen LogP contribution in [0.3, 0.4) is 0 Å². The van der Waals surface area contributed by atoms with E-state index in [1.54, 1.807) is 11.3 Å². The molecule has 4 fully saturated rings. The molecule has 31 heavy (non-hydrogen) atoms. The fourth-order valence-corrected chi connectivity index (χ4v) is 8.30. The van der Waals surface area contributed by atoms with E-state index in [2.05, 4.69) is 23.3 Å². The zero-order chi connectivity index (χ0) is 21.6. The molecule has 1 atom stereocenters. The normalized spacial score (nSPS) is 29.5. The number of aromatic nitrogens is 1. The molecule has 4 aliphatic carbocycles.